The van der Waals surface area contributed by atoms with E-state index in [-0.39, 0.29) is 0 Å². The van der Waals surface area contributed by atoms with Crippen molar-refractivity contribution in [3.05, 3.63) is 29.7 Å². The fourth-order valence-corrected chi connectivity index (χ4v) is 1.65. The highest BCUT2D eigenvalue weighted by atomic mass is 16.7. The molecular weight excluding hydrogens is 268 g/mol. The number of carboxylic acids is 1. The van der Waals surface area contributed by atoms with Crippen molar-refractivity contribution in [3.8, 4) is 5.75 Å². The molecule has 1 fully saturated rings. The van der Waals surface area contributed by atoms with Crippen LogP contribution in [0.5, 0.6) is 5.75 Å². The third-order valence-electron chi connectivity index (χ3n) is 2.70. The molecule has 7 heteroatoms. The number of carboxylic acid groups (broad SMARTS) is 1. The van der Waals surface area contributed by atoms with Gasteiger partial charge in [-0.2, -0.15) is 0 Å². The van der Waals surface area contributed by atoms with Crippen LogP contribution in [0.4, 0.5) is 0 Å². The van der Waals surface area contributed by atoms with E-state index in [0.717, 1.165) is 0 Å². The number of aliphatic hydroxyl groups excluding tert-OH is 3. The SMILES string of the molecule is [2H]c1c([2H])c([2H])c(C([2H])([2H])[2H])c(O[C@@H]2O[C@H](C(=O)O)[C@@H](O)[C@H](O)[C@H]2O)c1[2H]. The number of hydrogen-bond donors (Lipinski definition) is 4. The smallest absolute Gasteiger partial charge is 0.335 e. The molecule has 4 N–H and O–H groups in total. The zero-order valence-corrected chi connectivity index (χ0v) is 9.90. The van der Waals surface area contributed by atoms with E-state index in [9.17, 15) is 20.1 Å². The summed E-state index contributed by atoms with van der Waals surface area (Å²) in [5.74, 6) is -2.59. The van der Waals surface area contributed by atoms with E-state index in [4.69, 9.17) is 24.2 Å². The molecule has 0 spiro atoms. The Balaban J connectivity index is 2.54. The average Bonchev–Trinajstić information content (AvgIpc) is 2.56. The summed E-state index contributed by atoms with van der Waals surface area (Å²) in [5.41, 5.74) is -0.906. The molecule has 1 aliphatic heterocycles. The van der Waals surface area contributed by atoms with Gasteiger partial charge in [0.05, 0.1) is 5.48 Å². The Morgan fingerprint density at radius 2 is 2.00 bits per heavy atom. The van der Waals surface area contributed by atoms with Gasteiger partial charge in [-0.25, -0.2) is 4.79 Å². The van der Waals surface area contributed by atoms with Crippen molar-refractivity contribution in [2.45, 2.75) is 37.6 Å². The van der Waals surface area contributed by atoms with Crippen LogP contribution in [0.1, 0.15) is 15.2 Å². The first kappa shape index (κ1) is 7.94. The second-order valence-corrected chi connectivity index (χ2v) is 4.06. The van der Waals surface area contributed by atoms with Crippen molar-refractivity contribution in [2.24, 2.45) is 0 Å². The average molecular weight is 291 g/mol. The zero-order chi connectivity index (χ0) is 20.8. The van der Waals surface area contributed by atoms with Crippen molar-refractivity contribution in [3.63, 3.8) is 0 Å². The maximum atomic E-state index is 11.1. The maximum absolute atomic E-state index is 11.1. The largest absolute Gasteiger partial charge is 0.479 e. The van der Waals surface area contributed by atoms with Crippen molar-refractivity contribution >= 4 is 5.97 Å². The number of carbonyl (C=O) groups is 1. The molecule has 0 amide bonds. The third kappa shape index (κ3) is 2.75. The van der Waals surface area contributed by atoms with E-state index >= 15 is 0 Å². The summed E-state index contributed by atoms with van der Waals surface area (Å²) < 4.78 is 63.2. The van der Waals surface area contributed by atoms with Crippen LogP contribution in [0, 0.1) is 6.85 Å². The van der Waals surface area contributed by atoms with E-state index in [2.05, 4.69) is 0 Å². The minimum absolute atomic E-state index is 0.830. The number of rotatable bonds is 3. The summed E-state index contributed by atoms with van der Waals surface area (Å²) >= 11 is 0. The summed E-state index contributed by atoms with van der Waals surface area (Å²) in [6, 6.07) is -3.47. The van der Waals surface area contributed by atoms with Crippen LogP contribution in [0.3, 0.4) is 0 Å². The molecule has 1 aliphatic rings. The molecule has 0 bridgehead atoms. The van der Waals surface area contributed by atoms with Gasteiger partial charge in [0.25, 0.3) is 0 Å². The van der Waals surface area contributed by atoms with E-state index < -0.39 is 79.0 Å². The minimum Gasteiger partial charge on any atom is -0.479 e. The Morgan fingerprint density at radius 1 is 1.30 bits per heavy atom. The summed E-state index contributed by atoms with van der Waals surface area (Å²) in [4.78, 5) is 11.1. The lowest BCUT2D eigenvalue weighted by Crippen LogP contribution is -2.61. The van der Waals surface area contributed by atoms with E-state index in [1.54, 1.807) is 0 Å². The monoisotopic (exact) mass is 291 g/mol. The van der Waals surface area contributed by atoms with Crippen LogP contribution in [-0.2, 0) is 9.53 Å². The molecule has 0 radical (unpaired) electrons. The molecule has 1 aromatic rings. The molecule has 20 heavy (non-hydrogen) atoms. The molecule has 5 atom stereocenters. The molecule has 1 heterocycles. The Hall–Kier alpha value is -1.67. The minimum atomic E-state index is -3.05. The molecule has 7 nitrogen and oxygen atoms in total. The Morgan fingerprint density at radius 3 is 2.65 bits per heavy atom. The van der Waals surface area contributed by atoms with Gasteiger partial charge in [0.15, 0.2) is 6.10 Å². The molecule has 1 saturated heterocycles. The van der Waals surface area contributed by atoms with Gasteiger partial charge >= 0.3 is 5.97 Å². The second kappa shape index (κ2) is 5.76. The van der Waals surface area contributed by atoms with Crippen LogP contribution in [0.25, 0.3) is 0 Å². The molecular formula is C13H16O7. The normalized spacial score (nSPS) is 39.4. The predicted octanol–water partition coefficient (Wildman–Crippen LogP) is -0.734. The van der Waals surface area contributed by atoms with Crippen LogP contribution in [0.15, 0.2) is 24.2 Å². The molecule has 2 rings (SSSR count). The highest BCUT2D eigenvalue weighted by molar-refractivity contribution is 5.73. The van der Waals surface area contributed by atoms with Crippen molar-refractivity contribution < 1.29 is 44.3 Å². The molecule has 0 saturated carbocycles. The van der Waals surface area contributed by atoms with Crippen LogP contribution in [0.2, 0.25) is 0 Å². The lowest BCUT2D eigenvalue weighted by atomic mass is 9.99. The second-order valence-electron chi connectivity index (χ2n) is 4.06. The van der Waals surface area contributed by atoms with Gasteiger partial charge < -0.3 is 29.9 Å². The van der Waals surface area contributed by atoms with Gasteiger partial charge in [-0.3, -0.25) is 0 Å². The molecule has 0 aromatic heterocycles. The quantitative estimate of drug-likeness (QED) is 0.580. The van der Waals surface area contributed by atoms with E-state index in [1.807, 2.05) is 0 Å². The first-order chi connectivity index (χ1) is 12.3. The topological polar surface area (TPSA) is 116 Å². The highest BCUT2D eigenvalue weighted by Crippen LogP contribution is 2.26. The molecule has 0 unspecified atom stereocenters. The lowest BCUT2D eigenvalue weighted by molar-refractivity contribution is -0.271. The fraction of sp³-hybridized carbons (Fsp3) is 0.462. The Labute approximate surface area is 124 Å². The molecule has 110 valence electrons. The Kier molecular flexibility index (Phi) is 2.29. The van der Waals surface area contributed by atoms with E-state index in [0.29, 0.717) is 0 Å². The van der Waals surface area contributed by atoms with Crippen LogP contribution in [-0.4, -0.2) is 57.1 Å². The fourth-order valence-electron chi connectivity index (χ4n) is 1.65. The Bertz CT molecular complexity index is 754. The van der Waals surface area contributed by atoms with Crippen molar-refractivity contribution in [1.82, 2.24) is 0 Å². The number of para-hydroxylation sites is 1. The van der Waals surface area contributed by atoms with Gasteiger partial charge in [0.2, 0.25) is 6.29 Å². The highest BCUT2D eigenvalue weighted by Gasteiger charge is 2.48. The van der Waals surface area contributed by atoms with Crippen molar-refractivity contribution in [1.29, 1.82) is 0 Å². The number of aliphatic carboxylic acids is 1. The van der Waals surface area contributed by atoms with Crippen LogP contribution >= 0.6 is 0 Å². The van der Waals surface area contributed by atoms with Crippen molar-refractivity contribution in [2.75, 3.05) is 0 Å². The van der Waals surface area contributed by atoms with Gasteiger partial charge in [-0.1, -0.05) is 18.1 Å². The summed E-state index contributed by atoms with van der Waals surface area (Å²) in [7, 11) is 0. The number of aliphatic hydroxyl groups is 3. The number of hydrogen-bond acceptors (Lipinski definition) is 6. The predicted molar refractivity (Wildman–Crippen MR) is 66.1 cm³/mol. The van der Waals surface area contributed by atoms with Gasteiger partial charge in [0, 0.05) is 4.11 Å². The zero-order valence-electron chi connectivity index (χ0n) is 16.9. The molecule has 1 aromatic carbocycles. The van der Waals surface area contributed by atoms with Crippen LogP contribution < -0.4 is 4.74 Å². The first-order valence-corrected chi connectivity index (χ1v) is 5.49. The summed E-state index contributed by atoms with van der Waals surface area (Å²) in [6.07, 6.45) is -10.1. The standard InChI is InChI=1S/C13H16O7/c1-6-4-2-3-5-7(6)19-13-10(16)8(14)9(15)11(20-13)12(17)18/h2-5,8-11,13-16H,1H3,(H,17,18)/t8-,9-,10+,11-,13+/m0/s1/i1D3,2D,3D,4D,5D. The molecule has 0 aliphatic carbocycles. The lowest BCUT2D eigenvalue weighted by Gasteiger charge is -2.38. The first-order valence-electron chi connectivity index (χ1n) is 8.99. The van der Waals surface area contributed by atoms with Gasteiger partial charge in [0.1, 0.15) is 24.1 Å². The number of benzene rings is 1. The summed E-state index contributed by atoms with van der Waals surface area (Å²) in [6.45, 7) is -3.05. The van der Waals surface area contributed by atoms with Gasteiger partial charge in [-0.15, -0.1) is 0 Å². The van der Waals surface area contributed by atoms with Gasteiger partial charge in [-0.05, 0) is 18.5 Å². The van der Waals surface area contributed by atoms with E-state index in [1.165, 1.54) is 0 Å². The summed E-state index contributed by atoms with van der Waals surface area (Å²) in [5, 5.41) is 38.4. The third-order valence-corrected chi connectivity index (χ3v) is 2.70. The maximum Gasteiger partial charge on any atom is 0.335 e. The number of ether oxygens (including phenoxy) is 2.